The molecular formula is C21H28IN7. The third-order valence-electron chi connectivity index (χ3n) is 5.37. The molecule has 0 aliphatic carbocycles. The van der Waals surface area contributed by atoms with E-state index in [-0.39, 0.29) is 24.0 Å². The fourth-order valence-corrected chi connectivity index (χ4v) is 3.66. The zero-order valence-corrected chi connectivity index (χ0v) is 19.2. The molecule has 2 N–H and O–H groups in total. The Labute approximate surface area is 188 Å². The highest BCUT2D eigenvalue weighted by atomic mass is 127. The van der Waals surface area contributed by atoms with Gasteiger partial charge in [-0.05, 0) is 36.6 Å². The highest BCUT2D eigenvalue weighted by molar-refractivity contribution is 14.0. The van der Waals surface area contributed by atoms with Gasteiger partial charge in [-0.3, -0.25) is 14.3 Å². The lowest BCUT2D eigenvalue weighted by atomic mass is 9.99. The van der Waals surface area contributed by atoms with E-state index in [1.165, 1.54) is 11.1 Å². The molecule has 1 atom stereocenters. The van der Waals surface area contributed by atoms with Crippen LogP contribution in [0.15, 0.2) is 53.7 Å². The number of halogens is 1. The maximum absolute atomic E-state index is 4.34. The SMILES string of the molecule is CN=C(NCc1nnc2ccccn12)NCC(C)N1CCc2ccccc2C1.I. The number of aromatic nitrogens is 3. The summed E-state index contributed by atoms with van der Waals surface area (Å²) in [6.45, 7) is 5.77. The van der Waals surface area contributed by atoms with Crippen molar-refractivity contribution in [3.63, 3.8) is 0 Å². The summed E-state index contributed by atoms with van der Waals surface area (Å²) >= 11 is 0. The van der Waals surface area contributed by atoms with Crippen molar-refractivity contribution in [1.82, 2.24) is 30.1 Å². The van der Waals surface area contributed by atoms with E-state index in [2.05, 4.69) is 61.9 Å². The lowest BCUT2D eigenvalue weighted by Gasteiger charge is -2.34. The number of benzene rings is 1. The summed E-state index contributed by atoms with van der Waals surface area (Å²) in [4.78, 5) is 6.86. The minimum Gasteiger partial charge on any atom is -0.355 e. The first-order valence-electron chi connectivity index (χ1n) is 9.78. The van der Waals surface area contributed by atoms with Gasteiger partial charge in [0.1, 0.15) is 0 Å². The predicted molar refractivity (Wildman–Crippen MR) is 127 cm³/mol. The number of hydrogen-bond donors (Lipinski definition) is 2. The Morgan fingerprint density at radius 1 is 1.10 bits per heavy atom. The Balaban J connectivity index is 0.00000240. The van der Waals surface area contributed by atoms with Crippen LogP contribution >= 0.6 is 24.0 Å². The number of hydrogen-bond acceptors (Lipinski definition) is 4. The molecule has 0 spiro atoms. The Morgan fingerprint density at radius 2 is 1.90 bits per heavy atom. The summed E-state index contributed by atoms with van der Waals surface area (Å²) in [6, 6.07) is 15.1. The molecule has 3 aromatic rings. The van der Waals surface area contributed by atoms with Gasteiger partial charge in [-0.2, -0.15) is 0 Å². The largest absolute Gasteiger partial charge is 0.355 e. The molecule has 7 nitrogen and oxygen atoms in total. The lowest BCUT2D eigenvalue weighted by Crippen LogP contribution is -2.47. The van der Waals surface area contributed by atoms with Gasteiger partial charge in [0.25, 0.3) is 0 Å². The second kappa shape index (κ2) is 10.0. The van der Waals surface area contributed by atoms with Gasteiger partial charge in [0.2, 0.25) is 0 Å². The maximum Gasteiger partial charge on any atom is 0.191 e. The molecule has 8 heteroatoms. The quantitative estimate of drug-likeness (QED) is 0.317. The van der Waals surface area contributed by atoms with Gasteiger partial charge in [-0.1, -0.05) is 30.3 Å². The molecule has 154 valence electrons. The number of pyridine rings is 1. The molecule has 1 aliphatic heterocycles. The third kappa shape index (κ3) is 5.05. The fourth-order valence-electron chi connectivity index (χ4n) is 3.66. The van der Waals surface area contributed by atoms with Crippen LogP contribution in [0, 0.1) is 0 Å². The first-order chi connectivity index (χ1) is 13.7. The zero-order chi connectivity index (χ0) is 19.3. The van der Waals surface area contributed by atoms with Crippen LogP contribution in [0.25, 0.3) is 5.65 Å². The van der Waals surface area contributed by atoms with E-state index in [0.29, 0.717) is 12.6 Å². The lowest BCUT2D eigenvalue weighted by molar-refractivity contribution is 0.191. The monoisotopic (exact) mass is 505 g/mol. The number of fused-ring (bicyclic) bond motifs is 2. The van der Waals surface area contributed by atoms with E-state index >= 15 is 0 Å². The highest BCUT2D eigenvalue weighted by Crippen LogP contribution is 2.19. The van der Waals surface area contributed by atoms with Crippen LogP contribution in [-0.4, -0.2) is 51.6 Å². The van der Waals surface area contributed by atoms with Gasteiger partial charge in [0.15, 0.2) is 17.4 Å². The van der Waals surface area contributed by atoms with Gasteiger partial charge in [0, 0.05) is 38.9 Å². The molecule has 3 heterocycles. The molecule has 1 aromatic carbocycles. The molecule has 0 saturated heterocycles. The number of nitrogens with zero attached hydrogens (tertiary/aromatic N) is 5. The van der Waals surface area contributed by atoms with Crippen LogP contribution in [0.1, 0.15) is 23.9 Å². The van der Waals surface area contributed by atoms with E-state index < -0.39 is 0 Å². The van der Waals surface area contributed by atoms with Crippen LogP contribution < -0.4 is 10.6 Å². The van der Waals surface area contributed by atoms with Gasteiger partial charge >= 0.3 is 0 Å². The summed E-state index contributed by atoms with van der Waals surface area (Å²) in [5, 5.41) is 15.2. The summed E-state index contributed by atoms with van der Waals surface area (Å²) in [7, 11) is 1.79. The number of rotatable bonds is 5. The second-order valence-electron chi connectivity index (χ2n) is 7.19. The molecule has 0 saturated carbocycles. The van der Waals surface area contributed by atoms with Gasteiger partial charge < -0.3 is 10.6 Å². The Morgan fingerprint density at radius 3 is 2.72 bits per heavy atom. The summed E-state index contributed by atoms with van der Waals surface area (Å²) in [6.07, 6.45) is 3.09. The van der Waals surface area contributed by atoms with Crippen molar-refractivity contribution in [2.45, 2.75) is 32.5 Å². The smallest absolute Gasteiger partial charge is 0.191 e. The normalized spacial score (nSPS) is 15.4. The third-order valence-corrected chi connectivity index (χ3v) is 5.37. The van der Waals surface area contributed by atoms with Gasteiger partial charge in [-0.25, -0.2) is 0 Å². The first kappa shape index (κ1) is 21.5. The second-order valence-corrected chi connectivity index (χ2v) is 7.19. The molecule has 1 aliphatic rings. The molecule has 0 radical (unpaired) electrons. The number of nitrogens with one attached hydrogen (secondary N) is 2. The molecule has 0 bridgehead atoms. The van der Waals surface area contributed by atoms with E-state index in [4.69, 9.17) is 0 Å². The molecule has 0 amide bonds. The van der Waals surface area contributed by atoms with E-state index in [0.717, 1.165) is 43.5 Å². The average Bonchev–Trinajstić information content (AvgIpc) is 3.16. The van der Waals surface area contributed by atoms with Crippen molar-refractivity contribution < 1.29 is 0 Å². The Kier molecular flexibility index (Phi) is 7.43. The van der Waals surface area contributed by atoms with Crippen molar-refractivity contribution in [1.29, 1.82) is 0 Å². The topological polar surface area (TPSA) is 69.8 Å². The maximum atomic E-state index is 4.34. The molecule has 4 rings (SSSR count). The van der Waals surface area contributed by atoms with Crippen LogP contribution in [0.5, 0.6) is 0 Å². The van der Waals surface area contributed by atoms with Crippen LogP contribution in [0.3, 0.4) is 0 Å². The average molecular weight is 505 g/mol. The van der Waals surface area contributed by atoms with Crippen LogP contribution in [-0.2, 0) is 19.5 Å². The zero-order valence-electron chi connectivity index (χ0n) is 16.9. The molecular weight excluding hydrogens is 477 g/mol. The van der Waals surface area contributed by atoms with Crippen molar-refractivity contribution >= 4 is 35.6 Å². The highest BCUT2D eigenvalue weighted by Gasteiger charge is 2.20. The standard InChI is InChI=1S/C21H27N7.HI/c1-16(27-12-10-17-7-3-4-8-18(17)15-27)13-23-21(22-2)24-14-20-26-25-19-9-5-6-11-28(19)20;/h3-9,11,16H,10,12-15H2,1-2H3,(H2,22,23,24);1H. The van der Waals surface area contributed by atoms with E-state index in [9.17, 15) is 0 Å². The molecule has 0 fully saturated rings. The summed E-state index contributed by atoms with van der Waals surface area (Å²) in [5.74, 6) is 1.64. The van der Waals surface area contributed by atoms with Crippen molar-refractivity contribution in [3.8, 4) is 0 Å². The van der Waals surface area contributed by atoms with Crippen molar-refractivity contribution in [2.75, 3.05) is 20.1 Å². The Hall–Kier alpha value is -2.20. The van der Waals surface area contributed by atoms with Crippen molar-refractivity contribution in [3.05, 3.63) is 65.6 Å². The fraction of sp³-hybridized carbons (Fsp3) is 0.381. The van der Waals surface area contributed by atoms with Gasteiger partial charge in [0.05, 0.1) is 6.54 Å². The number of guanidine groups is 1. The van der Waals surface area contributed by atoms with E-state index in [1.54, 1.807) is 7.05 Å². The van der Waals surface area contributed by atoms with E-state index in [1.807, 2.05) is 28.8 Å². The van der Waals surface area contributed by atoms with Crippen LogP contribution in [0.2, 0.25) is 0 Å². The van der Waals surface area contributed by atoms with Crippen molar-refractivity contribution in [2.24, 2.45) is 4.99 Å². The summed E-state index contributed by atoms with van der Waals surface area (Å²) < 4.78 is 1.98. The molecule has 1 unspecified atom stereocenters. The first-order valence-corrected chi connectivity index (χ1v) is 9.78. The van der Waals surface area contributed by atoms with Gasteiger partial charge in [-0.15, -0.1) is 34.2 Å². The predicted octanol–water partition coefficient (Wildman–Crippen LogP) is 2.46. The minimum atomic E-state index is 0. The minimum absolute atomic E-state index is 0. The Bertz CT molecular complexity index is 968. The summed E-state index contributed by atoms with van der Waals surface area (Å²) in [5.41, 5.74) is 3.78. The van der Waals surface area contributed by atoms with Crippen LogP contribution in [0.4, 0.5) is 0 Å². The molecule has 29 heavy (non-hydrogen) atoms. The molecule has 2 aromatic heterocycles. The number of aliphatic imine (C=N–C) groups is 1.